The van der Waals surface area contributed by atoms with Gasteiger partial charge in [0.15, 0.2) is 5.41 Å². The second-order valence-electron chi connectivity index (χ2n) is 3.57. The molecule has 0 bridgehead atoms. The Bertz CT molecular complexity index is 449. The van der Waals surface area contributed by atoms with Gasteiger partial charge in [-0.2, -0.15) is 5.26 Å². The molecule has 0 spiro atoms. The molecular formula is C11H9NO3. The molecule has 1 aromatic carbocycles. The van der Waals surface area contributed by atoms with Crippen molar-refractivity contribution in [2.24, 2.45) is 5.41 Å². The summed E-state index contributed by atoms with van der Waals surface area (Å²) in [6.45, 7) is -0.0875. The summed E-state index contributed by atoms with van der Waals surface area (Å²) in [4.78, 5) is 11.0. The molecular weight excluding hydrogens is 194 g/mol. The Hall–Kier alpha value is -2.02. The third-order valence-corrected chi connectivity index (χ3v) is 2.56. The molecule has 0 fully saturated rings. The summed E-state index contributed by atoms with van der Waals surface area (Å²) in [6.07, 6.45) is 0.203. The van der Waals surface area contributed by atoms with Crippen LogP contribution in [0.3, 0.4) is 0 Å². The molecule has 1 aliphatic heterocycles. The predicted octanol–water partition coefficient (Wildman–Crippen LogP) is 1.22. The quantitative estimate of drug-likeness (QED) is 0.744. The molecule has 0 amide bonds. The van der Waals surface area contributed by atoms with Crippen LogP contribution >= 0.6 is 0 Å². The molecule has 1 aliphatic rings. The summed E-state index contributed by atoms with van der Waals surface area (Å²) >= 11 is 0. The Labute approximate surface area is 86.7 Å². The summed E-state index contributed by atoms with van der Waals surface area (Å²) in [6, 6.07) is 9.01. The van der Waals surface area contributed by atoms with Crippen LogP contribution in [0.15, 0.2) is 24.3 Å². The van der Waals surface area contributed by atoms with Crippen LogP contribution in [-0.2, 0) is 11.2 Å². The van der Waals surface area contributed by atoms with Crippen LogP contribution < -0.4 is 4.74 Å². The molecule has 15 heavy (non-hydrogen) atoms. The second kappa shape index (κ2) is 3.28. The molecule has 0 aromatic heterocycles. The Morgan fingerprint density at radius 1 is 1.53 bits per heavy atom. The number of benzene rings is 1. The molecule has 1 heterocycles. The molecule has 0 aliphatic carbocycles. The monoisotopic (exact) mass is 203 g/mol. The molecule has 1 N–H and O–H groups in total. The van der Waals surface area contributed by atoms with Gasteiger partial charge in [0.2, 0.25) is 0 Å². The van der Waals surface area contributed by atoms with Crippen LogP contribution in [0.5, 0.6) is 5.75 Å². The minimum Gasteiger partial charge on any atom is -0.491 e. The molecule has 0 saturated carbocycles. The zero-order valence-electron chi connectivity index (χ0n) is 7.93. The number of nitrogens with zero attached hydrogens (tertiary/aromatic N) is 1. The van der Waals surface area contributed by atoms with E-state index < -0.39 is 11.4 Å². The highest BCUT2D eigenvalue weighted by Crippen LogP contribution is 2.34. The number of carboxylic acid groups (broad SMARTS) is 1. The topological polar surface area (TPSA) is 70.3 Å². The number of nitriles is 1. The summed E-state index contributed by atoms with van der Waals surface area (Å²) in [5.74, 6) is -0.455. The maximum absolute atomic E-state index is 11.0. The van der Waals surface area contributed by atoms with E-state index in [2.05, 4.69) is 0 Å². The number of carboxylic acids is 1. The first-order valence-corrected chi connectivity index (χ1v) is 4.53. The maximum atomic E-state index is 11.0. The van der Waals surface area contributed by atoms with Crippen LogP contribution in [0.1, 0.15) is 5.56 Å². The highest BCUT2D eigenvalue weighted by Gasteiger charge is 2.43. The second-order valence-corrected chi connectivity index (χ2v) is 3.57. The first kappa shape index (κ1) is 9.53. The minimum atomic E-state index is -1.44. The normalized spacial score (nSPS) is 23.4. The lowest BCUT2D eigenvalue weighted by molar-refractivity contribution is -0.147. The van der Waals surface area contributed by atoms with Crippen molar-refractivity contribution in [2.75, 3.05) is 6.61 Å². The Balaban J connectivity index is 2.40. The molecule has 4 heteroatoms. The summed E-state index contributed by atoms with van der Waals surface area (Å²) in [5.41, 5.74) is -0.665. The average Bonchev–Trinajstić information content (AvgIpc) is 2.28. The van der Waals surface area contributed by atoms with Gasteiger partial charge in [0.05, 0.1) is 6.07 Å². The van der Waals surface area contributed by atoms with Crippen molar-refractivity contribution < 1.29 is 14.6 Å². The highest BCUT2D eigenvalue weighted by molar-refractivity contribution is 5.79. The van der Waals surface area contributed by atoms with E-state index in [0.29, 0.717) is 5.75 Å². The van der Waals surface area contributed by atoms with Gasteiger partial charge in [0.1, 0.15) is 12.4 Å². The van der Waals surface area contributed by atoms with Crippen LogP contribution in [0.4, 0.5) is 0 Å². The third kappa shape index (κ3) is 1.42. The van der Waals surface area contributed by atoms with Crippen molar-refractivity contribution in [3.8, 4) is 11.8 Å². The van der Waals surface area contributed by atoms with Gasteiger partial charge in [-0.15, -0.1) is 0 Å². The number of rotatable bonds is 1. The maximum Gasteiger partial charge on any atom is 0.327 e. The molecule has 2 rings (SSSR count). The first-order chi connectivity index (χ1) is 7.18. The lowest BCUT2D eigenvalue weighted by atomic mass is 9.82. The first-order valence-electron chi connectivity index (χ1n) is 4.53. The molecule has 76 valence electrons. The lowest BCUT2D eigenvalue weighted by Gasteiger charge is -2.28. The van der Waals surface area contributed by atoms with E-state index >= 15 is 0 Å². The fraction of sp³-hybridized carbons (Fsp3) is 0.273. The van der Waals surface area contributed by atoms with Crippen molar-refractivity contribution >= 4 is 5.97 Å². The van der Waals surface area contributed by atoms with E-state index in [1.165, 1.54) is 0 Å². The van der Waals surface area contributed by atoms with Crippen molar-refractivity contribution in [3.63, 3.8) is 0 Å². The number of hydrogen-bond acceptors (Lipinski definition) is 3. The van der Waals surface area contributed by atoms with Gasteiger partial charge >= 0.3 is 5.97 Å². The standard InChI is InChI=1S/C11H9NO3/c12-6-11(10(13)14)5-8-3-1-2-4-9(8)15-7-11/h1-4H,5,7H2,(H,13,14). The van der Waals surface area contributed by atoms with E-state index in [9.17, 15) is 4.79 Å². The summed E-state index contributed by atoms with van der Waals surface area (Å²) < 4.78 is 5.29. The summed E-state index contributed by atoms with van der Waals surface area (Å²) in [7, 11) is 0. The fourth-order valence-corrected chi connectivity index (χ4v) is 1.62. The number of hydrogen-bond donors (Lipinski definition) is 1. The van der Waals surface area contributed by atoms with Crippen LogP contribution in [0.25, 0.3) is 0 Å². The molecule has 1 atom stereocenters. The van der Waals surface area contributed by atoms with Gasteiger partial charge < -0.3 is 9.84 Å². The Kier molecular flexibility index (Phi) is 2.09. The van der Waals surface area contributed by atoms with Crippen molar-refractivity contribution in [2.45, 2.75) is 6.42 Å². The molecule has 1 unspecified atom stereocenters. The fourth-order valence-electron chi connectivity index (χ4n) is 1.62. The van der Waals surface area contributed by atoms with Gasteiger partial charge in [-0.1, -0.05) is 18.2 Å². The van der Waals surface area contributed by atoms with Crippen LogP contribution in [0.2, 0.25) is 0 Å². The number of aliphatic carboxylic acids is 1. The molecule has 0 radical (unpaired) electrons. The van der Waals surface area contributed by atoms with Crippen molar-refractivity contribution in [1.82, 2.24) is 0 Å². The van der Waals surface area contributed by atoms with Gasteiger partial charge in [-0.3, -0.25) is 4.79 Å². The largest absolute Gasteiger partial charge is 0.491 e. The SMILES string of the molecule is N#CC1(C(=O)O)COc2ccccc2C1. The molecule has 1 aromatic rings. The van der Waals surface area contributed by atoms with E-state index in [-0.39, 0.29) is 13.0 Å². The number of carbonyl (C=O) groups is 1. The molecule has 0 saturated heterocycles. The van der Waals surface area contributed by atoms with E-state index in [1.807, 2.05) is 12.1 Å². The van der Waals surface area contributed by atoms with E-state index in [0.717, 1.165) is 5.56 Å². The highest BCUT2D eigenvalue weighted by atomic mass is 16.5. The molecule has 4 nitrogen and oxygen atoms in total. The Morgan fingerprint density at radius 3 is 2.93 bits per heavy atom. The van der Waals surface area contributed by atoms with Crippen molar-refractivity contribution in [1.29, 1.82) is 5.26 Å². The van der Waals surface area contributed by atoms with Crippen molar-refractivity contribution in [3.05, 3.63) is 29.8 Å². The summed E-state index contributed by atoms with van der Waals surface area (Å²) in [5, 5.41) is 17.9. The number of ether oxygens (including phenoxy) is 1. The lowest BCUT2D eigenvalue weighted by Crippen LogP contribution is -2.40. The van der Waals surface area contributed by atoms with Gasteiger partial charge in [0, 0.05) is 6.42 Å². The minimum absolute atomic E-state index is 0.0875. The van der Waals surface area contributed by atoms with Crippen LogP contribution in [-0.4, -0.2) is 17.7 Å². The smallest absolute Gasteiger partial charge is 0.327 e. The zero-order chi connectivity index (χ0) is 10.9. The van der Waals surface area contributed by atoms with Crippen LogP contribution in [0, 0.1) is 16.7 Å². The number of para-hydroxylation sites is 1. The van der Waals surface area contributed by atoms with E-state index in [4.69, 9.17) is 15.1 Å². The third-order valence-electron chi connectivity index (χ3n) is 2.56. The average molecular weight is 203 g/mol. The van der Waals surface area contributed by atoms with E-state index in [1.54, 1.807) is 18.2 Å². The van der Waals surface area contributed by atoms with Gasteiger partial charge in [-0.25, -0.2) is 0 Å². The number of fused-ring (bicyclic) bond motifs is 1. The predicted molar refractivity (Wildman–Crippen MR) is 51.3 cm³/mol. The van der Waals surface area contributed by atoms with Gasteiger partial charge in [0.25, 0.3) is 0 Å². The Morgan fingerprint density at radius 2 is 2.27 bits per heavy atom. The zero-order valence-corrected chi connectivity index (χ0v) is 7.93. The van der Waals surface area contributed by atoms with Gasteiger partial charge in [-0.05, 0) is 11.6 Å².